The van der Waals surface area contributed by atoms with E-state index in [0.29, 0.717) is 6.54 Å². The lowest BCUT2D eigenvalue weighted by Gasteiger charge is -2.19. The van der Waals surface area contributed by atoms with Gasteiger partial charge in [-0.1, -0.05) is 0 Å². The van der Waals surface area contributed by atoms with Gasteiger partial charge in [-0.25, -0.2) is 0 Å². The van der Waals surface area contributed by atoms with E-state index in [1.807, 2.05) is 4.90 Å². The summed E-state index contributed by atoms with van der Waals surface area (Å²) in [5, 5.41) is 0. The molecule has 0 aromatic heterocycles. The highest BCUT2D eigenvalue weighted by atomic mass is 16.5. The van der Waals surface area contributed by atoms with Crippen LogP contribution in [0.15, 0.2) is 0 Å². The minimum Gasteiger partial charge on any atom is -0.380 e. The number of likely N-dealkylation sites (tertiary alicyclic amines) is 1. The Morgan fingerprint density at radius 2 is 2.31 bits per heavy atom. The highest BCUT2D eigenvalue weighted by Crippen LogP contribution is 2.35. The molecule has 4 nitrogen and oxygen atoms in total. The number of hydrogen-bond donors (Lipinski definition) is 1. The first-order chi connectivity index (χ1) is 6.15. The van der Waals surface area contributed by atoms with E-state index in [9.17, 15) is 4.79 Å². The van der Waals surface area contributed by atoms with Crippen molar-refractivity contribution in [3.63, 3.8) is 0 Å². The van der Waals surface area contributed by atoms with E-state index in [0.717, 1.165) is 25.8 Å². The van der Waals surface area contributed by atoms with Crippen molar-refractivity contribution >= 4 is 5.91 Å². The van der Waals surface area contributed by atoms with E-state index in [2.05, 4.69) is 0 Å². The van der Waals surface area contributed by atoms with Crippen LogP contribution >= 0.6 is 0 Å². The van der Waals surface area contributed by atoms with Crippen LogP contribution in [0.2, 0.25) is 0 Å². The summed E-state index contributed by atoms with van der Waals surface area (Å²) < 4.78 is 5.19. The molecule has 4 heteroatoms. The smallest absolute Gasteiger partial charge is 0.242 e. The second-order valence-electron chi connectivity index (χ2n) is 4.05. The third-order valence-electron chi connectivity index (χ3n) is 2.98. The van der Waals surface area contributed by atoms with Crippen LogP contribution in [0.3, 0.4) is 0 Å². The molecule has 2 fully saturated rings. The minimum absolute atomic E-state index is 0.118. The lowest BCUT2D eigenvalue weighted by Crippen LogP contribution is -2.44. The van der Waals surface area contributed by atoms with Gasteiger partial charge in [0.05, 0.1) is 11.6 Å². The molecule has 2 rings (SSSR count). The highest BCUT2D eigenvalue weighted by Gasteiger charge is 2.49. The van der Waals surface area contributed by atoms with E-state index in [4.69, 9.17) is 10.5 Å². The van der Waals surface area contributed by atoms with Crippen molar-refractivity contribution < 1.29 is 9.53 Å². The van der Waals surface area contributed by atoms with Crippen LogP contribution < -0.4 is 5.73 Å². The van der Waals surface area contributed by atoms with Gasteiger partial charge in [-0.2, -0.15) is 0 Å². The first-order valence-corrected chi connectivity index (χ1v) is 4.77. The first-order valence-electron chi connectivity index (χ1n) is 4.77. The largest absolute Gasteiger partial charge is 0.380 e. The topological polar surface area (TPSA) is 55.6 Å². The van der Waals surface area contributed by atoms with Gasteiger partial charge < -0.3 is 15.4 Å². The Kier molecular flexibility index (Phi) is 2.04. The molecule has 74 valence electrons. The van der Waals surface area contributed by atoms with Crippen molar-refractivity contribution in [1.82, 2.24) is 4.90 Å². The van der Waals surface area contributed by atoms with Gasteiger partial charge in [0.25, 0.3) is 0 Å². The van der Waals surface area contributed by atoms with Gasteiger partial charge in [0.15, 0.2) is 0 Å². The molecule has 1 aliphatic heterocycles. The Hall–Kier alpha value is -0.610. The van der Waals surface area contributed by atoms with Crippen LogP contribution in [0.25, 0.3) is 0 Å². The van der Waals surface area contributed by atoms with Gasteiger partial charge in [0.2, 0.25) is 5.91 Å². The molecular formula is C9H16N2O2. The zero-order valence-corrected chi connectivity index (χ0v) is 7.95. The van der Waals surface area contributed by atoms with Crippen LogP contribution in [-0.4, -0.2) is 42.6 Å². The number of hydrogen-bond acceptors (Lipinski definition) is 3. The van der Waals surface area contributed by atoms with E-state index in [1.165, 1.54) is 0 Å². The average molecular weight is 184 g/mol. The van der Waals surface area contributed by atoms with Crippen molar-refractivity contribution in [2.24, 2.45) is 5.73 Å². The maximum Gasteiger partial charge on any atom is 0.242 e. The van der Waals surface area contributed by atoms with Gasteiger partial charge in [0.1, 0.15) is 0 Å². The average Bonchev–Trinajstić information content (AvgIpc) is 2.71. The Morgan fingerprint density at radius 3 is 2.77 bits per heavy atom. The first kappa shape index (κ1) is 8.97. The molecule has 13 heavy (non-hydrogen) atoms. The van der Waals surface area contributed by atoms with Crippen molar-refractivity contribution in [2.75, 3.05) is 20.2 Å². The van der Waals surface area contributed by atoms with Crippen molar-refractivity contribution in [3.05, 3.63) is 0 Å². The fourth-order valence-corrected chi connectivity index (χ4v) is 1.77. The van der Waals surface area contributed by atoms with Crippen LogP contribution in [0.5, 0.6) is 0 Å². The summed E-state index contributed by atoms with van der Waals surface area (Å²) in [5.74, 6) is 0.118. The lowest BCUT2D eigenvalue weighted by atomic mass is 10.2. The predicted octanol–water partition coefficient (Wildman–Crippen LogP) is -0.275. The van der Waals surface area contributed by atoms with Gasteiger partial charge in [-0.05, 0) is 19.3 Å². The van der Waals surface area contributed by atoms with E-state index < -0.39 is 5.54 Å². The second-order valence-corrected chi connectivity index (χ2v) is 4.05. The quantitative estimate of drug-likeness (QED) is 0.642. The molecule has 0 radical (unpaired) electrons. The molecule has 1 saturated heterocycles. The highest BCUT2D eigenvalue weighted by molar-refractivity contribution is 5.89. The predicted molar refractivity (Wildman–Crippen MR) is 48.1 cm³/mol. The molecule has 0 aromatic carbocycles. The third kappa shape index (κ3) is 1.56. The molecular weight excluding hydrogens is 168 g/mol. The standard InChI is InChI=1S/C9H16N2O2/c1-13-7-2-5-11(6-7)8(12)9(10)3-4-9/h7H,2-6,10H2,1H3/t7-/m0/s1. The zero-order valence-electron chi connectivity index (χ0n) is 7.95. The molecule has 1 amide bonds. The number of amides is 1. The molecule has 1 heterocycles. The molecule has 2 aliphatic rings. The van der Waals surface area contributed by atoms with Crippen LogP contribution in [-0.2, 0) is 9.53 Å². The van der Waals surface area contributed by atoms with Gasteiger partial charge in [0, 0.05) is 20.2 Å². The molecule has 1 aliphatic carbocycles. The number of rotatable bonds is 2. The van der Waals surface area contributed by atoms with Crippen molar-refractivity contribution in [2.45, 2.75) is 30.9 Å². The molecule has 0 bridgehead atoms. The van der Waals surface area contributed by atoms with Crippen molar-refractivity contribution in [1.29, 1.82) is 0 Å². The summed E-state index contributed by atoms with van der Waals surface area (Å²) in [7, 11) is 1.69. The summed E-state index contributed by atoms with van der Waals surface area (Å²) in [5.41, 5.74) is 5.31. The van der Waals surface area contributed by atoms with E-state index in [-0.39, 0.29) is 12.0 Å². The summed E-state index contributed by atoms with van der Waals surface area (Å²) in [4.78, 5) is 13.6. The van der Waals surface area contributed by atoms with Gasteiger partial charge in [-0.15, -0.1) is 0 Å². The molecule has 0 aromatic rings. The Balaban J connectivity index is 1.92. The van der Waals surface area contributed by atoms with E-state index in [1.54, 1.807) is 7.11 Å². The molecule has 2 N–H and O–H groups in total. The fraction of sp³-hybridized carbons (Fsp3) is 0.889. The molecule has 1 atom stereocenters. The maximum atomic E-state index is 11.7. The number of ether oxygens (including phenoxy) is 1. The number of methoxy groups -OCH3 is 1. The number of carbonyl (C=O) groups is 1. The molecule has 0 spiro atoms. The van der Waals surface area contributed by atoms with Gasteiger partial charge in [-0.3, -0.25) is 4.79 Å². The van der Waals surface area contributed by atoms with Crippen LogP contribution in [0.4, 0.5) is 0 Å². The SMILES string of the molecule is CO[C@H]1CCN(C(=O)C2(N)CC2)C1. The Morgan fingerprint density at radius 1 is 1.62 bits per heavy atom. The Labute approximate surface area is 78.0 Å². The molecule has 0 unspecified atom stereocenters. The van der Waals surface area contributed by atoms with E-state index >= 15 is 0 Å². The summed E-state index contributed by atoms with van der Waals surface area (Å²) >= 11 is 0. The van der Waals surface area contributed by atoms with Crippen LogP contribution in [0, 0.1) is 0 Å². The number of carbonyl (C=O) groups excluding carboxylic acids is 1. The summed E-state index contributed by atoms with van der Waals surface area (Å²) in [6.45, 7) is 1.52. The summed E-state index contributed by atoms with van der Waals surface area (Å²) in [6, 6.07) is 0. The number of nitrogens with zero attached hydrogens (tertiary/aromatic N) is 1. The van der Waals surface area contributed by atoms with Gasteiger partial charge >= 0.3 is 0 Å². The van der Waals surface area contributed by atoms with Crippen molar-refractivity contribution in [3.8, 4) is 0 Å². The third-order valence-corrected chi connectivity index (χ3v) is 2.98. The summed E-state index contributed by atoms with van der Waals surface area (Å²) in [6.07, 6.45) is 2.85. The minimum atomic E-state index is -0.511. The Bertz CT molecular complexity index is 226. The second kappa shape index (κ2) is 2.96. The van der Waals surface area contributed by atoms with Crippen LogP contribution in [0.1, 0.15) is 19.3 Å². The number of nitrogens with two attached hydrogens (primary N) is 1. The monoisotopic (exact) mass is 184 g/mol. The molecule has 1 saturated carbocycles. The fourth-order valence-electron chi connectivity index (χ4n) is 1.77. The zero-order chi connectivity index (χ0) is 9.47. The lowest BCUT2D eigenvalue weighted by molar-refractivity contribution is -0.132. The normalized spacial score (nSPS) is 30.6. The maximum absolute atomic E-state index is 11.7.